The molecule has 0 aliphatic rings. The Morgan fingerprint density at radius 1 is 1.22 bits per heavy atom. The molecule has 0 radical (unpaired) electrons. The number of fused-ring (bicyclic) bond motifs is 1. The van der Waals surface area contributed by atoms with E-state index in [4.69, 9.17) is 0 Å². The Kier molecular flexibility index (Phi) is 2.89. The molecule has 1 aromatic heterocycles. The van der Waals surface area contributed by atoms with E-state index >= 15 is 0 Å². The molecule has 0 saturated carbocycles. The van der Waals surface area contributed by atoms with Gasteiger partial charge in [-0.15, -0.1) is 11.3 Å². The third-order valence-electron chi connectivity index (χ3n) is 2.68. The molecule has 0 aliphatic carbocycles. The highest BCUT2D eigenvalue weighted by Gasteiger charge is 2.27. The van der Waals surface area contributed by atoms with Gasteiger partial charge in [0.15, 0.2) is 11.6 Å². The summed E-state index contributed by atoms with van der Waals surface area (Å²) in [5, 5.41) is 9.67. The molecular formula is C13H12F2O2S. The second kappa shape index (κ2) is 4.02. The van der Waals surface area contributed by atoms with Crippen molar-refractivity contribution in [3.63, 3.8) is 0 Å². The Labute approximate surface area is 107 Å². The molecule has 0 amide bonds. The summed E-state index contributed by atoms with van der Waals surface area (Å²) in [5.74, 6) is -2.98. The molecule has 96 valence electrons. The first-order valence-electron chi connectivity index (χ1n) is 5.37. The van der Waals surface area contributed by atoms with E-state index in [1.807, 2.05) is 20.8 Å². The minimum absolute atomic E-state index is 0.141. The summed E-state index contributed by atoms with van der Waals surface area (Å²) in [7, 11) is 0. The van der Waals surface area contributed by atoms with E-state index in [0.29, 0.717) is 15.6 Å². The monoisotopic (exact) mass is 270 g/mol. The van der Waals surface area contributed by atoms with Gasteiger partial charge in [0.1, 0.15) is 4.88 Å². The molecule has 0 bridgehead atoms. The third kappa shape index (κ3) is 1.99. The molecule has 0 fully saturated rings. The zero-order valence-corrected chi connectivity index (χ0v) is 11.0. The molecule has 1 heterocycles. The van der Waals surface area contributed by atoms with Crippen LogP contribution in [0.5, 0.6) is 0 Å². The van der Waals surface area contributed by atoms with Crippen LogP contribution in [0.3, 0.4) is 0 Å². The number of aromatic carboxylic acids is 1. The summed E-state index contributed by atoms with van der Waals surface area (Å²) in [6.07, 6.45) is 0. The highest BCUT2D eigenvalue weighted by molar-refractivity contribution is 7.21. The largest absolute Gasteiger partial charge is 0.477 e. The standard InChI is InChI=1S/C13H12F2O2S/c1-13(2,3)10-6-4-7(14)8(15)5-9(6)18-11(10)12(16)17/h4-5H,1-3H3,(H,16,17). The van der Waals surface area contributed by atoms with E-state index in [0.717, 1.165) is 23.5 Å². The average Bonchev–Trinajstić information content (AvgIpc) is 2.56. The molecule has 2 aromatic rings. The number of hydrogen-bond acceptors (Lipinski definition) is 2. The lowest BCUT2D eigenvalue weighted by atomic mass is 9.85. The van der Waals surface area contributed by atoms with Gasteiger partial charge in [0, 0.05) is 10.1 Å². The Bertz CT molecular complexity index is 638. The van der Waals surface area contributed by atoms with Crippen LogP contribution in [0, 0.1) is 11.6 Å². The SMILES string of the molecule is CC(C)(C)c1c(C(=O)O)sc2cc(F)c(F)cc12. The van der Waals surface area contributed by atoms with Crippen molar-refractivity contribution in [2.24, 2.45) is 0 Å². The van der Waals surface area contributed by atoms with E-state index in [1.54, 1.807) is 0 Å². The fourth-order valence-electron chi connectivity index (χ4n) is 1.99. The number of carboxylic acid groups (broad SMARTS) is 1. The lowest BCUT2D eigenvalue weighted by molar-refractivity contribution is 0.0700. The Hall–Kier alpha value is -1.49. The van der Waals surface area contributed by atoms with Crippen molar-refractivity contribution in [2.75, 3.05) is 0 Å². The van der Waals surface area contributed by atoms with Crippen LogP contribution in [0.4, 0.5) is 8.78 Å². The lowest BCUT2D eigenvalue weighted by Gasteiger charge is -2.19. The van der Waals surface area contributed by atoms with Gasteiger partial charge in [0.05, 0.1) is 0 Å². The summed E-state index contributed by atoms with van der Waals surface area (Å²) in [6, 6.07) is 2.13. The van der Waals surface area contributed by atoms with E-state index in [9.17, 15) is 18.7 Å². The maximum absolute atomic E-state index is 13.3. The van der Waals surface area contributed by atoms with Crippen LogP contribution in [0.1, 0.15) is 36.0 Å². The predicted octanol–water partition coefficient (Wildman–Crippen LogP) is 4.18. The topological polar surface area (TPSA) is 37.3 Å². The van der Waals surface area contributed by atoms with Gasteiger partial charge < -0.3 is 5.11 Å². The van der Waals surface area contributed by atoms with Gasteiger partial charge in [0.25, 0.3) is 0 Å². The molecule has 2 nitrogen and oxygen atoms in total. The van der Waals surface area contributed by atoms with E-state index in [1.165, 1.54) is 0 Å². The normalized spacial score (nSPS) is 12.1. The summed E-state index contributed by atoms with van der Waals surface area (Å²) in [5.41, 5.74) is 0.102. The molecule has 0 atom stereocenters. The second-order valence-corrected chi connectivity index (χ2v) is 6.18. The van der Waals surface area contributed by atoms with Crippen molar-refractivity contribution in [3.05, 3.63) is 34.2 Å². The van der Waals surface area contributed by atoms with Gasteiger partial charge >= 0.3 is 5.97 Å². The molecular weight excluding hydrogens is 258 g/mol. The zero-order chi connectivity index (χ0) is 13.7. The molecule has 0 spiro atoms. The molecule has 1 N–H and O–H groups in total. The molecule has 2 rings (SSSR count). The van der Waals surface area contributed by atoms with Crippen LogP contribution in [0.2, 0.25) is 0 Å². The number of carbonyl (C=O) groups is 1. The second-order valence-electron chi connectivity index (χ2n) is 5.12. The summed E-state index contributed by atoms with van der Waals surface area (Å²) < 4.78 is 26.9. The van der Waals surface area contributed by atoms with Gasteiger partial charge in [-0.1, -0.05) is 20.8 Å². The van der Waals surface area contributed by atoms with E-state index in [2.05, 4.69) is 0 Å². The quantitative estimate of drug-likeness (QED) is 0.844. The number of benzene rings is 1. The average molecular weight is 270 g/mol. The van der Waals surface area contributed by atoms with Crippen LogP contribution < -0.4 is 0 Å². The molecule has 18 heavy (non-hydrogen) atoms. The number of thiophene rings is 1. The van der Waals surface area contributed by atoms with Crippen LogP contribution in [-0.4, -0.2) is 11.1 Å². The van der Waals surface area contributed by atoms with Crippen LogP contribution in [0.25, 0.3) is 10.1 Å². The van der Waals surface area contributed by atoms with Crippen molar-refractivity contribution in [1.29, 1.82) is 0 Å². The van der Waals surface area contributed by atoms with Gasteiger partial charge in [-0.3, -0.25) is 0 Å². The highest BCUT2D eigenvalue weighted by Crippen LogP contribution is 2.39. The van der Waals surface area contributed by atoms with Crippen molar-refractivity contribution < 1.29 is 18.7 Å². The Morgan fingerprint density at radius 2 is 1.78 bits per heavy atom. The van der Waals surface area contributed by atoms with E-state index in [-0.39, 0.29) is 4.88 Å². The fraction of sp³-hybridized carbons (Fsp3) is 0.308. The number of rotatable bonds is 1. The maximum atomic E-state index is 13.3. The fourth-order valence-corrected chi connectivity index (χ4v) is 3.25. The van der Waals surface area contributed by atoms with Gasteiger partial charge in [-0.05, 0) is 23.1 Å². The Morgan fingerprint density at radius 3 is 2.28 bits per heavy atom. The zero-order valence-electron chi connectivity index (χ0n) is 10.2. The highest BCUT2D eigenvalue weighted by atomic mass is 32.1. The van der Waals surface area contributed by atoms with Gasteiger partial charge in [-0.2, -0.15) is 0 Å². The number of hydrogen-bond donors (Lipinski definition) is 1. The number of halogens is 2. The third-order valence-corrected chi connectivity index (χ3v) is 3.82. The summed E-state index contributed by atoms with van der Waals surface area (Å²) in [4.78, 5) is 11.4. The van der Waals surface area contributed by atoms with Crippen LogP contribution in [0.15, 0.2) is 12.1 Å². The maximum Gasteiger partial charge on any atom is 0.346 e. The minimum Gasteiger partial charge on any atom is -0.477 e. The molecule has 0 aliphatic heterocycles. The van der Waals surface area contributed by atoms with Crippen molar-refractivity contribution in [1.82, 2.24) is 0 Å². The molecule has 0 saturated heterocycles. The smallest absolute Gasteiger partial charge is 0.346 e. The lowest BCUT2D eigenvalue weighted by Crippen LogP contribution is -2.14. The van der Waals surface area contributed by atoms with Gasteiger partial charge in [-0.25, -0.2) is 13.6 Å². The summed E-state index contributed by atoms with van der Waals surface area (Å²) >= 11 is 0.976. The predicted molar refractivity (Wildman–Crippen MR) is 67.4 cm³/mol. The van der Waals surface area contributed by atoms with Crippen LogP contribution in [-0.2, 0) is 5.41 Å². The van der Waals surface area contributed by atoms with E-state index < -0.39 is 23.0 Å². The Balaban J connectivity index is 2.90. The molecule has 5 heteroatoms. The van der Waals surface area contributed by atoms with Crippen molar-refractivity contribution >= 4 is 27.4 Å². The first-order chi connectivity index (χ1) is 8.21. The van der Waals surface area contributed by atoms with Gasteiger partial charge in [0.2, 0.25) is 0 Å². The minimum atomic E-state index is -1.07. The first kappa shape index (κ1) is 13.0. The van der Waals surface area contributed by atoms with Crippen molar-refractivity contribution in [3.8, 4) is 0 Å². The molecule has 1 aromatic carbocycles. The van der Waals surface area contributed by atoms with Crippen LogP contribution >= 0.6 is 11.3 Å². The summed E-state index contributed by atoms with van der Waals surface area (Å²) in [6.45, 7) is 5.55. The van der Waals surface area contributed by atoms with Crippen molar-refractivity contribution in [2.45, 2.75) is 26.2 Å². The number of carboxylic acids is 1. The first-order valence-corrected chi connectivity index (χ1v) is 6.19. The molecule has 0 unspecified atom stereocenters.